The van der Waals surface area contributed by atoms with Crippen molar-refractivity contribution in [3.8, 4) is 0 Å². The number of hydrogen-bond donors (Lipinski definition) is 1. The minimum absolute atomic E-state index is 0.348. The van der Waals surface area contributed by atoms with Gasteiger partial charge in [-0.25, -0.2) is 9.97 Å². The van der Waals surface area contributed by atoms with E-state index >= 15 is 0 Å². The van der Waals surface area contributed by atoms with E-state index in [0.717, 1.165) is 42.5 Å². The molecule has 110 valence electrons. The highest BCUT2D eigenvalue weighted by Gasteiger charge is 2.43. The number of hydrogen-bond acceptors (Lipinski definition) is 4. The van der Waals surface area contributed by atoms with Crippen LogP contribution in [0.2, 0.25) is 0 Å². The summed E-state index contributed by atoms with van der Waals surface area (Å²) in [7, 11) is 0. The minimum Gasteiger partial charge on any atom is -0.390 e. The smallest absolute Gasteiger partial charge is 0.146 e. The molecule has 2 heterocycles. The van der Waals surface area contributed by atoms with Crippen LogP contribution < -0.4 is 4.90 Å². The highest BCUT2D eigenvalue weighted by molar-refractivity contribution is 9.10. The van der Waals surface area contributed by atoms with E-state index in [-0.39, 0.29) is 0 Å². The summed E-state index contributed by atoms with van der Waals surface area (Å²) in [6.07, 6.45) is 10.2. The summed E-state index contributed by atoms with van der Waals surface area (Å²) in [4.78, 5) is 10.9. The molecule has 1 aromatic heterocycles. The molecule has 2 aliphatic rings. The molecular formula is C15H22BrN3O. The zero-order valence-electron chi connectivity index (χ0n) is 11.9. The van der Waals surface area contributed by atoms with Crippen LogP contribution >= 0.6 is 15.9 Å². The van der Waals surface area contributed by atoms with Gasteiger partial charge in [0.1, 0.15) is 12.1 Å². The maximum Gasteiger partial charge on any atom is 0.146 e. The third-order valence-corrected chi connectivity index (χ3v) is 5.49. The number of rotatable bonds is 2. The van der Waals surface area contributed by atoms with Crippen LogP contribution in [-0.4, -0.2) is 33.3 Å². The Balaban J connectivity index is 1.87. The first-order chi connectivity index (χ1) is 9.59. The molecular weight excluding hydrogens is 318 g/mol. The monoisotopic (exact) mass is 339 g/mol. The van der Waals surface area contributed by atoms with Crippen molar-refractivity contribution in [2.75, 3.05) is 11.4 Å². The molecule has 1 aromatic rings. The van der Waals surface area contributed by atoms with Gasteiger partial charge in [-0.05, 0) is 48.5 Å². The van der Waals surface area contributed by atoms with Crippen molar-refractivity contribution in [1.29, 1.82) is 0 Å². The molecule has 5 heteroatoms. The molecule has 1 saturated carbocycles. The lowest BCUT2D eigenvalue weighted by Crippen LogP contribution is -2.49. The quantitative estimate of drug-likeness (QED) is 0.899. The number of nitrogens with zero attached hydrogens (tertiary/aromatic N) is 3. The van der Waals surface area contributed by atoms with E-state index in [2.05, 4.69) is 30.8 Å². The van der Waals surface area contributed by atoms with Crippen LogP contribution in [0.3, 0.4) is 0 Å². The molecule has 1 N–H and O–H groups in total. The van der Waals surface area contributed by atoms with Crippen LogP contribution in [0.15, 0.2) is 17.0 Å². The van der Waals surface area contributed by atoms with Gasteiger partial charge in [0.2, 0.25) is 0 Å². The second-order valence-corrected chi connectivity index (χ2v) is 7.16. The fourth-order valence-corrected chi connectivity index (χ4v) is 4.39. The first-order valence-corrected chi connectivity index (χ1v) is 8.33. The molecule has 1 aliphatic carbocycles. The molecule has 4 nitrogen and oxygen atoms in total. The molecule has 3 unspecified atom stereocenters. The van der Waals surface area contributed by atoms with E-state index in [9.17, 15) is 5.11 Å². The van der Waals surface area contributed by atoms with Gasteiger partial charge in [0.25, 0.3) is 0 Å². The van der Waals surface area contributed by atoms with Crippen LogP contribution in [0.1, 0.15) is 45.4 Å². The number of aromatic nitrogens is 2. The zero-order chi connectivity index (χ0) is 14.2. The van der Waals surface area contributed by atoms with Gasteiger partial charge in [-0.3, -0.25) is 0 Å². The summed E-state index contributed by atoms with van der Waals surface area (Å²) in [5, 5.41) is 10.8. The summed E-state index contributed by atoms with van der Waals surface area (Å²) in [5.74, 6) is 1.32. The lowest BCUT2D eigenvalue weighted by molar-refractivity contribution is -0.0411. The molecule has 1 aliphatic heterocycles. The van der Waals surface area contributed by atoms with E-state index in [1.165, 1.54) is 12.8 Å². The summed E-state index contributed by atoms with van der Waals surface area (Å²) < 4.78 is 0.947. The first kappa shape index (κ1) is 14.3. The summed E-state index contributed by atoms with van der Waals surface area (Å²) in [6.45, 7) is 3.04. The second kappa shape index (κ2) is 5.60. The highest BCUT2D eigenvalue weighted by atomic mass is 79.9. The van der Waals surface area contributed by atoms with Gasteiger partial charge in [0.15, 0.2) is 0 Å². The Kier molecular flexibility index (Phi) is 4.00. The fraction of sp³-hybridized carbons (Fsp3) is 0.733. The average molecular weight is 340 g/mol. The Morgan fingerprint density at radius 1 is 1.35 bits per heavy atom. The summed E-state index contributed by atoms with van der Waals surface area (Å²) in [5.41, 5.74) is -0.537. The minimum atomic E-state index is -0.537. The average Bonchev–Trinajstić information content (AvgIpc) is 2.87. The van der Waals surface area contributed by atoms with Crippen LogP contribution in [0.5, 0.6) is 0 Å². The standard InChI is InChI=1S/C15H22BrN3O/c1-15(20)7-3-2-5-11(15)13-6-4-8-19(13)14-12(16)9-17-10-18-14/h9-11,13,20H,2-8H2,1H3. The van der Waals surface area contributed by atoms with Gasteiger partial charge in [-0.15, -0.1) is 0 Å². The molecule has 1 saturated heterocycles. The van der Waals surface area contributed by atoms with E-state index in [0.29, 0.717) is 12.0 Å². The normalized spacial score (nSPS) is 34.5. The molecule has 0 amide bonds. The molecule has 0 spiro atoms. The van der Waals surface area contributed by atoms with E-state index in [4.69, 9.17) is 0 Å². The van der Waals surface area contributed by atoms with Gasteiger partial charge >= 0.3 is 0 Å². The predicted molar refractivity (Wildman–Crippen MR) is 82.7 cm³/mol. The van der Waals surface area contributed by atoms with Crippen molar-refractivity contribution in [3.05, 3.63) is 17.0 Å². The Hall–Kier alpha value is -0.680. The fourth-order valence-electron chi connectivity index (χ4n) is 3.94. The molecule has 0 radical (unpaired) electrons. The van der Waals surface area contributed by atoms with Crippen molar-refractivity contribution in [2.24, 2.45) is 5.92 Å². The van der Waals surface area contributed by atoms with Gasteiger partial charge < -0.3 is 10.0 Å². The Morgan fingerprint density at radius 2 is 2.20 bits per heavy atom. The lowest BCUT2D eigenvalue weighted by atomic mass is 9.72. The topological polar surface area (TPSA) is 49.2 Å². The Labute approximate surface area is 128 Å². The number of halogens is 1. The predicted octanol–water partition coefficient (Wildman–Crippen LogP) is 3.15. The first-order valence-electron chi connectivity index (χ1n) is 7.54. The summed E-state index contributed by atoms with van der Waals surface area (Å²) >= 11 is 3.56. The molecule has 3 rings (SSSR count). The van der Waals surface area contributed by atoms with Crippen molar-refractivity contribution >= 4 is 21.7 Å². The maximum atomic E-state index is 10.8. The van der Waals surface area contributed by atoms with E-state index in [1.807, 2.05) is 6.92 Å². The molecule has 2 fully saturated rings. The van der Waals surface area contributed by atoms with Crippen molar-refractivity contribution in [1.82, 2.24) is 9.97 Å². The maximum absolute atomic E-state index is 10.8. The largest absolute Gasteiger partial charge is 0.390 e. The lowest BCUT2D eigenvalue weighted by Gasteiger charge is -2.44. The van der Waals surface area contributed by atoms with E-state index in [1.54, 1.807) is 12.5 Å². The van der Waals surface area contributed by atoms with Crippen LogP contribution in [0, 0.1) is 5.92 Å². The molecule has 20 heavy (non-hydrogen) atoms. The zero-order valence-corrected chi connectivity index (χ0v) is 13.5. The van der Waals surface area contributed by atoms with E-state index < -0.39 is 5.60 Å². The van der Waals surface area contributed by atoms with Crippen molar-refractivity contribution in [3.63, 3.8) is 0 Å². The number of aliphatic hydroxyl groups is 1. The third kappa shape index (κ3) is 2.58. The number of anilines is 1. The highest BCUT2D eigenvalue weighted by Crippen LogP contribution is 2.42. The van der Waals surface area contributed by atoms with Gasteiger partial charge in [0, 0.05) is 24.7 Å². The van der Waals surface area contributed by atoms with Crippen LogP contribution in [0.4, 0.5) is 5.82 Å². The van der Waals surface area contributed by atoms with Crippen LogP contribution in [0.25, 0.3) is 0 Å². The third-order valence-electron chi connectivity index (χ3n) is 4.93. The van der Waals surface area contributed by atoms with Gasteiger partial charge in [-0.2, -0.15) is 0 Å². The Morgan fingerprint density at radius 3 is 2.95 bits per heavy atom. The summed E-state index contributed by atoms with van der Waals surface area (Å²) in [6, 6.07) is 0.400. The van der Waals surface area contributed by atoms with Gasteiger partial charge in [0.05, 0.1) is 10.1 Å². The van der Waals surface area contributed by atoms with Crippen molar-refractivity contribution < 1.29 is 5.11 Å². The molecule has 0 bridgehead atoms. The Bertz CT molecular complexity index is 480. The van der Waals surface area contributed by atoms with Crippen molar-refractivity contribution in [2.45, 2.75) is 57.1 Å². The van der Waals surface area contributed by atoms with Gasteiger partial charge in [-0.1, -0.05) is 12.8 Å². The molecule has 3 atom stereocenters. The second-order valence-electron chi connectivity index (χ2n) is 6.31. The SMILES string of the molecule is CC1(O)CCCCC1C1CCCN1c1ncncc1Br. The van der Waals surface area contributed by atoms with Crippen LogP contribution in [-0.2, 0) is 0 Å². The molecule has 0 aromatic carbocycles.